The second-order valence-electron chi connectivity index (χ2n) is 14.8. The fourth-order valence-corrected chi connectivity index (χ4v) is 7.17. The van der Waals surface area contributed by atoms with Gasteiger partial charge in [-0.15, -0.1) is 0 Å². The molecule has 6 amide bonds. The highest BCUT2D eigenvalue weighted by atomic mass is 16.5. The molecule has 3 aliphatic rings. The fraction of sp³-hybridized carbons (Fsp3) is 0.657. The molecule has 3 aliphatic heterocycles. The molecule has 3 saturated heterocycles. The molecule has 57 heavy (non-hydrogen) atoms. The number of nitrogens with zero attached hydrogens (tertiary/aromatic N) is 2. The predicted molar refractivity (Wildman–Crippen MR) is 193 cm³/mol. The van der Waals surface area contributed by atoms with Gasteiger partial charge in [-0.2, -0.15) is 0 Å². The molecule has 22 nitrogen and oxygen atoms in total. The Morgan fingerprint density at radius 2 is 1.28 bits per heavy atom. The number of aliphatic hydroxyl groups excluding tert-OH is 7. The first-order chi connectivity index (χ1) is 26.7. The summed E-state index contributed by atoms with van der Waals surface area (Å²) in [7, 11) is 1.09. The molecule has 3 heterocycles. The summed E-state index contributed by atoms with van der Waals surface area (Å²) in [5.74, 6) is -7.70. The summed E-state index contributed by atoms with van der Waals surface area (Å²) < 4.78 is 5.51. The van der Waals surface area contributed by atoms with Crippen LogP contribution in [0, 0.1) is 5.92 Å². The third-order valence-corrected chi connectivity index (χ3v) is 10.4. The summed E-state index contributed by atoms with van der Waals surface area (Å²) >= 11 is 0. The van der Waals surface area contributed by atoms with Gasteiger partial charge in [-0.05, 0) is 31.5 Å². The minimum absolute atomic E-state index is 0.0928. The van der Waals surface area contributed by atoms with Crippen molar-refractivity contribution in [1.82, 2.24) is 31.1 Å². The number of carbonyl (C=O) groups excluding carboxylic acids is 6. The molecule has 0 spiro atoms. The summed E-state index contributed by atoms with van der Waals surface area (Å²) in [6, 6.07) is -5.53. The van der Waals surface area contributed by atoms with Crippen molar-refractivity contribution in [2.75, 3.05) is 20.2 Å². The highest BCUT2D eigenvalue weighted by Gasteiger charge is 2.50. The van der Waals surface area contributed by atoms with Crippen LogP contribution in [0.5, 0.6) is 5.75 Å². The van der Waals surface area contributed by atoms with Gasteiger partial charge in [-0.25, -0.2) is 0 Å². The summed E-state index contributed by atoms with van der Waals surface area (Å²) in [6.45, 7) is 2.99. The zero-order chi connectivity index (χ0) is 42.6. The molecule has 14 N–H and O–H groups in total. The van der Waals surface area contributed by atoms with Crippen LogP contribution in [0.15, 0.2) is 24.3 Å². The molecule has 0 bridgehead atoms. The molecular weight excluding hydrogens is 758 g/mol. The van der Waals surface area contributed by atoms with Gasteiger partial charge in [0.05, 0.1) is 30.5 Å². The molecule has 318 valence electrons. The van der Waals surface area contributed by atoms with E-state index in [1.165, 1.54) is 31.2 Å². The van der Waals surface area contributed by atoms with Crippen LogP contribution in [0.4, 0.5) is 0 Å². The maximum absolute atomic E-state index is 14.3. The number of hydrogen-bond donors (Lipinski definition) is 13. The van der Waals surface area contributed by atoms with Crippen LogP contribution in [-0.4, -0.2) is 185 Å². The Balaban J connectivity index is 1.82. The minimum atomic E-state index is -2.12. The van der Waals surface area contributed by atoms with Crippen LogP contribution in [0.3, 0.4) is 0 Å². The van der Waals surface area contributed by atoms with Gasteiger partial charge in [-0.3, -0.25) is 28.8 Å². The van der Waals surface area contributed by atoms with E-state index in [-0.39, 0.29) is 17.9 Å². The quantitative estimate of drug-likeness (QED) is 0.127. The fourth-order valence-electron chi connectivity index (χ4n) is 7.17. The van der Waals surface area contributed by atoms with E-state index >= 15 is 0 Å². The minimum Gasteiger partial charge on any atom is -0.508 e. The molecule has 0 aliphatic carbocycles. The average molecular weight is 812 g/mol. The lowest BCUT2D eigenvalue weighted by Crippen LogP contribution is -2.64. The molecule has 14 unspecified atom stereocenters. The molecular formula is C35H53N7O15. The molecule has 0 aromatic heterocycles. The number of amides is 6. The summed E-state index contributed by atoms with van der Waals surface area (Å²) in [5, 5.41) is 94.6. The zero-order valence-electron chi connectivity index (χ0n) is 31.7. The van der Waals surface area contributed by atoms with Crippen LogP contribution in [0.2, 0.25) is 0 Å². The lowest BCUT2D eigenvalue weighted by atomic mass is 9.96. The van der Waals surface area contributed by atoms with E-state index in [2.05, 4.69) is 21.3 Å². The van der Waals surface area contributed by atoms with Crippen molar-refractivity contribution in [2.24, 2.45) is 11.7 Å². The number of fused-ring (bicyclic) bond motifs is 2. The average Bonchev–Trinajstić information content (AvgIpc) is 3.69. The van der Waals surface area contributed by atoms with Gasteiger partial charge in [0.1, 0.15) is 54.3 Å². The van der Waals surface area contributed by atoms with Crippen molar-refractivity contribution in [1.29, 1.82) is 0 Å². The Morgan fingerprint density at radius 1 is 0.737 bits per heavy atom. The number of methoxy groups -OCH3 is 1. The summed E-state index contributed by atoms with van der Waals surface area (Å²) in [5.41, 5.74) is 6.05. The lowest BCUT2D eigenvalue weighted by Gasteiger charge is -2.35. The van der Waals surface area contributed by atoms with Gasteiger partial charge in [0.15, 0.2) is 6.23 Å². The first-order valence-electron chi connectivity index (χ1n) is 18.3. The Kier molecular flexibility index (Phi) is 14.9. The number of nitrogens with one attached hydrogen (secondary N) is 4. The normalized spacial score (nSPS) is 34.8. The van der Waals surface area contributed by atoms with E-state index in [1.807, 2.05) is 0 Å². The maximum atomic E-state index is 14.3. The molecule has 1 aromatic carbocycles. The number of aliphatic hydroxyl groups is 7. The van der Waals surface area contributed by atoms with Gasteiger partial charge in [-0.1, -0.05) is 19.1 Å². The van der Waals surface area contributed by atoms with Crippen molar-refractivity contribution in [2.45, 2.75) is 119 Å². The zero-order valence-corrected chi connectivity index (χ0v) is 31.7. The first kappa shape index (κ1) is 45.2. The highest BCUT2D eigenvalue weighted by Crippen LogP contribution is 2.28. The molecule has 3 fully saturated rings. The number of phenols is 1. The van der Waals surface area contributed by atoms with Gasteiger partial charge in [0, 0.05) is 39.0 Å². The topological polar surface area (TPSA) is 354 Å². The van der Waals surface area contributed by atoms with E-state index < -0.39 is 146 Å². The van der Waals surface area contributed by atoms with Crippen LogP contribution in [0.1, 0.15) is 45.3 Å². The molecule has 15 atom stereocenters. The lowest BCUT2D eigenvalue weighted by molar-refractivity contribution is -0.149. The molecule has 0 radical (unpaired) electrons. The first-order valence-corrected chi connectivity index (χ1v) is 18.3. The maximum Gasteiger partial charge on any atom is 0.248 e. The monoisotopic (exact) mass is 811 g/mol. The number of carbonyl (C=O) groups is 6. The molecule has 22 heteroatoms. The van der Waals surface area contributed by atoms with Crippen LogP contribution in [0.25, 0.3) is 0 Å². The molecule has 0 saturated carbocycles. The molecule has 1 aromatic rings. The van der Waals surface area contributed by atoms with Gasteiger partial charge >= 0.3 is 0 Å². The third-order valence-electron chi connectivity index (χ3n) is 10.4. The number of nitrogens with two attached hydrogens (primary N) is 1. The van der Waals surface area contributed by atoms with E-state index in [1.54, 1.807) is 0 Å². The summed E-state index contributed by atoms with van der Waals surface area (Å²) in [6.07, 6.45) is -14.8. The van der Waals surface area contributed by atoms with Crippen LogP contribution >= 0.6 is 0 Å². The Hall–Kier alpha value is -4.52. The number of benzene rings is 1. The van der Waals surface area contributed by atoms with Crippen LogP contribution in [-0.2, 0) is 33.5 Å². The van der Waals surface area contributed by atoms with Crippen LogP contribution < -0.4 is 27.0 Å². The number of ether oxygens (including phenoxy) is 1. The highest BCUT2D eigenvalue weighted by molar-refractivity contribution is 5.98. The second-order valence-corrected chi connectivity index (χ2v) is 14.8. The van der Waals surface area contributed by atoms with Crippen molar-refractivity contribution >= 4 is 35.4 Å². The van der Waals surface area contributed by atoms with Crippen molar-refractivity contribution in [3.8, 4) is 5.75 Å². The Labute approximate surface area is 326 Å². The number of hydrogen-bond acceptors (Lipinski definition) is 16. The SMILES string of the molecule is COC(C1NC(=O)C2CC(O)CN2C(=O)C(C(C)O)NC(=O)C(N)CC(O)C(O)NC(=O)C2C(O)C(C)CN2C(=O)C([C@H](C)O)NC1=O)C(O)c1ccc(O)cc1. The third kappa shape index (κ3) is 10.1. The predicted octanol–water partition coefficient (Wildman–Crippen LogP) is -6.65. The standard InChI is InChI=1S/C35H53N7O15/c1-13-11-42-25(26(13)48)33(54)40-31(52)21(47)10-19(36)29(50)37-22(14(2)43)34(55)41-12-18(46)9-20(41)30(51)39-24(32(53)38-23(15(3)44)35(42)56)28(57-4)27(49)16-5-7-17(45)8-6-16/h5-8,13-15,18-28,31,43-49,52H,9-12,36H2,1-4H3,(H,37,50)(H,38,53)(H,39,51)(H,40,54)/t13?,14?,15-,18?,19?,20?,21?,22?,23?,24?,25?,26?,27?,28?,31?/m0/s1. The number of rotatable bonds is 6. The van der Waals surface area contributed by atoms with Gasteiger partial charge < -0.3 is 82.4 Å². The Morgan fingerprint density at radius 3 is 1.84 bits per heavy atom. The Bertz CT molecular complexity index is 1630. The van der Waals surface area contributed by atoms with E-state index in [4.69, 9.17) is 10.5 Å². The van der Waals surface area contributed by atoms with E-state index in [0.717, 1.165) is 30.8 Å². The van der Waals surface area contributed by atoms with Crippen molar-refractivity contribution in [3.63, 3.8) is 0 Å². The second kappa shape index (κ2) is 18.8. The van der Waals surface area contributed by atoms with Crippen molar-refractivity contribution in [3.05, 3.63) is 29.8 Å². The van der Waals surface area contributed by atoms with Gasteiger partial charge in [0.25, 0.3) is 0 Å². The summed E-state index contributed by atoms with van der Waals surface area (Å²) in [4.78, 5) is 84.6. The number of phenolic OH excluding ortho intramolecular Hbond substituents is 1. The van der Waals surface area contributed by atoms with Gasteiger partial charge in [0.2, 0.25) is 35.4 Å². The smallest absolute Gasteiger partial charge is 0.248 e. The molecule has 4 rings (SSSR count). The largest absolute Gasteiger partial charge is 0.508 e. The van der Waals surface area contributed by atoms with E-state index in [9.17, 15) is 69.6 Å². The van der Waals surface area contributed by atoms with Crippen molar-refractivity contribution < 1.29 is 74.4 Å². The number of aromatic hydroxyl groups is 1. The van der Waals surface area contributed by atoms with E-state index in [0.29, 0.717) is 0 Å².